The van der Waals surface area contributed by atoms with Gasteiger partial charge in [-0.25, -0.2) is 0 Å². The third-order valence-electron chi connectivity index (χ3n) is 4.46. The molecule has 3 unspecified atom stereocenters. The number of phenols is 1. The van der Waals surface area contributed by atoms with Crippen molar-refractivity contribution in [2.45, 2.75) is 37.9 Å². The molecule has 2 bridgehead atoms. The number of fused-ring (bicyclic) bond motifs is 2. The van der Waals surface area contributed by atoms with E-state index in [2.05, 4.69) is 4.90 Å². The van der Waals surface area contributed by atoms with Gasteiger partial charge in [-0.05, 0) is 31.4 Å². The van der Waals surface area contributed by atoms with Crippen molar-refractivity contribution in [2.24, 2.45) is 5.92 Å². The molecule has 0 aliphatic carbocycles. The van der Waals surface area contributed by atoms with Gasteiger partial charge in [-0.2, -0.15) is 0 Å². The van der Waals surface area contributed by atoms with Crippen molar-refractivity contribution < 1.29 is 15.0 Å². The Hall–Kier alpha value is -0.970. The number of hydrogen-bond acceptors (Lipinski definition) is 3. The first-order valence-electron chi connectivity index (χ1n) is 6.63. The van der Waals surface area contributed by atoms with E-state index in [4.69, 9.17) is 23.2 Å². The van der Waals surface area contributed by atoms with Gasteiger partial charge < -0.3 is 10.2 Å². The molecule has 0 aromatic heterocycles. The maximum atomic E-state index is 11.2. The van der Waals surface area contributed by atoms with Gasteiger partial charge in [-0.3, -0.25) is 9.69 Å². The number of benzene rings is 1. The fraction of sp³-hybridized carbons (Fsp3) is 0.500. The summed E-state index contributed by atoms with van der Waals surface area (Å²) in [5, 5.41) is 20.0. The maximum Gasteiger partial charge on any atom is 0.308 e. The fourth-order valence-corrected chi connectivity index (χ4v) is 4.09. The van der Waals surface area contributed by atoms with Crippen molar-refractivity contribution in [3.8, 4) is 5.75 Å². The summed E-state index contributed by atoms with van der Waals surface area (Å²) in [6.45, 7) is 0.491. The molecule has 2 fully saturated rings. The van der Waals surface area contributed by atoms with E-state index in [1.54, 1.807) is 6.07 Å². The van der Waals surface area contributed by atoms with Gasteiger partial charge in [0, 0.05) is 29.2 Å². The number of aromatic hydroxyl groups is 1. The summed E-state index contributed by atoms with van der Waals surface area (Å²) in [7, 11) is 0. The van der Waals surface area contributed by atoms with Crippen LogP contribution in [0.1, 0.15) is 24.8 Å². The monoisotopic (exact) mass is 315 g/mol. The summed E-state index contributed by atoms with van der Waals surface area (Å²) >= 11 is 11.9. The standard InChI is InChI=1S/C14H15Cl2NO3/c15-8-3-7(13(18)11(16)4-8)6-17-9-1-2-12(17)10(5-9)14(19)20/h3-4,9-10,12,18H,1-2,5-6H2,(H,19,20). The van der Waals surface area contributed by atoms with E-state index in [1.807, 2.05) is 0 Å². The number of rotatable bonds is 3. The molecule has 6 heteroatoms. The van der Waals surface area contributed by atoms with Gasteiger partial charge in [-0.1, -0.05) is 23.2 Å². The molecule has 0 spiro atoms. The van der Waals surface area contributed by atoms with E-state index < -0.39 is 5.97 Å². The largest absolute Gasteiger partial charge is 0.506 e. The first kappa shape index (κ1) is 14.0. The second-order valence-electron chi connectivity index (χ2n) is 5.55. The van der Waals surface area contributed by atoms with Crippen LogP contribution in [-0.4, -0.2) is 33.2 Å². The van der Waals surface area contributed by atoms with Gasteiger partial charge in [0.2, 0.25) is 0 Å². The average Bonchev–Trinajstić information content (AvgIpc) is 2.92. The lowest BCUT2D eigenvalue weighted by Gasteiger charge is -2.23. The van der Waals surface area contributed by atoms with Gasteiger partial charge in [-0.15, -0.1) is 0 Å². The SMILES string of the molecule is O=C(O)C1CC2CCC1N2Cc1cc(Cl)cc(Cl)c1O. The highest BCUT2D eigenvalue weighted by Gasteiger charge is 2.49. The first-order chi connectivity index (χ1) is 9.47. The Morgan fingerprint density at radius 1 is 1.35 bits per heavy atom. The van der Waals surface area contributed by atoms with E-state index in [0.29, 0.717) is 23.6 Å². The van der Waals surface area contributed by atoms with Crippen molar-refractivity contribution >= 4 is 29.2 Å². The third kappa shape index (κ3) is 2.26. The molecule has 1 aromatic rings. The van der Waals surface area contributed by atoms with Crippen LogP contribution in [0.5, 0.6) is 5.75 Å². The zero-order valence-corrected chi connectivity index (χ0v) is 12.2. The van der Waals surface area contributed by atoms with Crippen LogP contribution in [0.25, 0.3) is 0 Å². The Bertz CT molecular complexity index is 564. The molecule has 0 radical (unpaired) electrons. The molecule has 1 aromatic carbocycles. The zero-order chi connectivity index (χ0) is 14.4. The number of carboxylic acid groups (broad SMARTS) is 1. The number of phenolic OH excluding ortho intramolecular Hbond substituents is 1. The summed E-state index contributed by atoms with van der Waals surface area (Å²) in [6, 6.07) is 3.52. The average molecular weight is 316 g/mol. The lowest BCUT2D eigenvalue weighted by atomic mass is 9.89. The van der Waals surface area contributed by atoms with Crippen LogP contribution in [0, 0.1) is 5.92 Å². The highest BCUT2D eigenvalue weighted by Crippen LogP contribution is 2.44. The lowest BCUT2D eigenvalue weighted by Crippen LogP contribution is -2.32. The van der Waals surface area contributed by atoms with Gasteiger partial charge in [0.05, 0.1) is 10.9 Å². The summed E-state index contributed by atoms with van der Waals surface area (Å²) in [5.74, 6) is -0.990. The van der Waals surface area contributed by atoms with E-state index in [9.17, 15) is 15.0 Å². The highest BCUT2D eigenvalue weighted by atomic mass is 35.5. The quantitative estimate of drug-likeness (QED) is 0.899. The smallest absolute Gasteiger partial charge is 0.308 e. The molecule has 4 nitrogen and oxygen atoms in total. The van der Waals surface area contributed by atoms with E-state index >= 15 is 0 Å². The summed E-state index contributed by atoms with van der Waals surface area (Å²) in [4.78, 5) is 13.4. The molecule has 2 N–H and O–H groups in total. The molecule has 20 heavy (non-hydrogen) atoms. The van der Waals surface area contributed by atoms with Crippen molar-refractivity contribution in [3.63, 3.8) is 0 Å². The third-order valence-corrected chi connectivity index (χ3v) is 4.96. The normalized spacial score (nSPS) is 29.0. The number of carboxylic acids is 1. The predicted molar refractivity (Wildman–Crippen MR) is 76.2 cm³/mol. The van der Waals surface area contributed by atoms with Crippen LogP contribution < -0.4 is 0 Å². The molecular weight excluding hydrogens is 301 g/mol. The van der Waals surface area contributed by atoms with E-state index in [-0.39, 0.29) is 28.8 Å². The second-order valence-corrected chi connectivity index (χ2v) is 6.39. The van der Waals surface area contributed by atoms with Crippen molar-refractivity contribution in [1.82, 2.24) is 4.90 Å². The number of carbonyl (C=O) groups is 1. The highest BCUT2D eigenvalue weighted by molar-refractivity contribution is 6.35. The fourth-order valence-electron chi connectivity index (χ4n) is 3.55. The second kappa shape index (κ2) is 5.10. The van der Waals surface area contributed by atoms with E-state index in [0.717, 1.165) is 12.8 Å². The van der Waals surface area contributed by atoms with Crippen LogP contribution >= 0.6 is 23.2 Å². The van der Waals surface area contributed by atoms with Gasteiger partial charge >= 0.3 is 5.97 Å². The Morgan fingerprint density at radius 2 is 2.10 bits per heavy atom. The minimum absolute atomic E-state index is 0.0363. The molecule has 108 valence electrons. The maximum absolute atomic E-state index is 11.2. The van der Waals surface area contributed by atoms with Gasteiger partial charge in [0.25, 0.3) is 0 Å². The Kier molecular flexibility index (Phi) is 3.56. The number of hydrogen-bond donors (Lipinski definition) is 2. The Labute approximate surface area is 126 Å². The minimum atomic E-state index is -0.726. The Balaban J connectivity index is 1.84. The molecule has 0 amide bonds. The topological polar surface area (TPSA) is 60.8 Å². The molecular formula is C14H15Cl2NO3. The van der Waals surface area contributed by atoms with Crippen LogP contribution in [0.15, 0.2) is 12.1 Å². The molecule has 2 saturated heterocycles. The van der Waals surface area contributed by atoms with Crippen molar-refractivity contribution in [1.29, 1.82) is 0 Å². The Morgan fingerprint density at radius 3 is 2.75 bits per heavy atom. The summed E-state index contributed by atoms with van der Waals surface area (Å²) in [6.07, 6.45) is 2.61. The summed E-state index contributed by atoms with van der Waals surface area (Å²) in [5.41, 5.74) is 0.658. The molecule has 2 aliphatic heterocycles. The minimum Gasteiger partial charge on any atom is -0.506 e. The van der Waals surface area contributed by atoms with Crippen molar-refractivity contribution in [2.75, 3.05) is 0 Å². The lowest BCUT2D eigenvalue weighted by molar-refractivity contribution is -0.142. The predicted octanol–water partition coefficient (Wildman–Crippen LogP) is 3.14. The van der Waals surface area contributed by atoms with Gasteiger partial charge in [0.15, 0.2) is 0 Å². The van der Waals surface area contributed by atoms with Crippen LogP contribution in [0.2, 0.25) is 10.0 Å². The molecule has 3 rings (SSSR count). The molecule has 2 aliphatic rings. The molecule has 3 atom stereocenters. The van der Waals surface area contributed by atoms with Gasteiger partial charge in [0.1, 0.15) is 5.75 Å². The number of nitrogens with zero attached hydrogens (tertiary/aromatic N) is 1. The van der Waals surface area contributed by atoms with E-state index in [1.165, 1.54) is 6.07 Å². The van der Waals surface area contributed by atoms with Crippen LogP contribution in [0.4, 0.5) is 0 Å². The first-order valence-corrected chi connectivity index (χ1v) is 7.38. The van der Waals surface area contributed by atoms with Crippen molar-refractivity contribution in [3.05, 3.63) is 27.7 Å². The summed E-state index contributed by atoms with van der Waals surface area (Å²) < 4.78 is 0. The molecule has 2 heterocycles. The number of aliphatic carboxylic acids is 1. The van der Waals surface area contributed by atoms with Crippen LogP contribution in [-0.2, 0) is 11.3 Å². The van der Waals surface area contributed by atoms with Crippen LogP contribution in [0.3, 0.4) is 0 Å². The number of halogens is 2. The zero-order valence-electron chi connectivity index (χ0n) is 10.7. The molecule has 0 saturated carbocycles.